The summed E-state index contributed by atoms with van der Waals surface area (Å²) in [4.78, 5) is 0. The molecule has 0 aliphatic rings. The number of hydrogen-bond donors (Lipinski definition) is 1. The summed E-state index contributed by atoms with van der Waals surface area (Å²) < 4.78 is 5.90. The van der Waals surface area contributed by atoms with Gasteiger partial charge in [0, 0.05) is 6.04 Å². The molecule has 0 spiro atoms. The van der Waals surface area contributed by atoms with Crippen molar-refractivity contribution in [2.45, 2.75) is 32.9 Å². The van der Waals surface area contributed by atoms with Crippen LogP contribution in [0.5, 0.6) is 5.75 Å². The molecule has 0 amide bonds. The predicted molar refractivity (Wildman–Crippen MR) is 79.3 cm³/mol. The molecule has 2 aromatic carbocycles. The van der Waals surface area contributed by atoms with E-state index in [1.807, 2.05) is 25.1 Å². The normalized spacial score (nSPS) is 12.2. The number of benzene rings is 2. The van der Waals surface area contributed by atoms with Crippen LogP contribution in [-0.4, -0.2) is 6.04 Å². The SMILES string of the molecule is Cc1ccc(CC(C)N)cc1OCc1ccccc1. The van der Waals surface area contributed by atoms with Crippen molar-refractivity contribution in [2.75, 3.05) is 0 Å². The van der Waals surface area contributed by atoms with Gasteiger partial charge in [-0.2, -0.15) is 0 Å². The second-order valence-electron chi connectivity index (χ2n) is 5.06. The third-order valence-corrected chi connectivity index (χ3v) is 3.05. The first-order valence-corrected chi connectivity index (χ1v) is 6.67. The molecule has 1 atom stereocenters. The summed E-state index contributed by atoms with van der Waals surface area (Å²) in [5.74, 6) is 0.946. The van der Waals surface area contributed by atoms with Gasteiger partial charge in [0.2, 0.25) is 0 Å². The highest BCUT2D eigenvalue weighted by atomic mass is 16.5. The fraction of sp³-hybridized carbons (Fsp3) is 0.294. The van der Waals surface area contributed by atoms with E-state index >= 15 is 0 Å². The highest BCUT2D eigenvalue weighted by Gasteiger charge is 2.04. The van der Waals surface area contributed by atoms with Crippen LogP contribution in [0, 0.1) is 6.92 Å². The van der Waals surface area contributed by atoms with Gasteiger partial charge in [0.15, 0.2) is 0 Å². The molecule has 0 heterocycles. The second kappa shape index (κ2) is 6.39. The summed E-state index contributed by atoms with van der Waals surface area (Å²) in [5.41, 5.74) is 9.40. The van der Waals surface area contributed by atoms with Crippen molar-refractivity contribution in [1.29, 1.82) is 0 Å². The Balaban J connectivity index is 2.06. The molecule has 2 rings (SSSR count). The molecule has 2 heteroatoms. The molecule has 2 N–H and O–H groups in total. The standard InChI is InChI=1S/C17H21NO/c1-13-8-9-16(10-14(2)18)11-17(13)19-12-15-6-4-3-5-7-15/h3-9,11,14H,10,12,18H2,1-2H3. The molecule has 100 valence electrons. The Bertz CT molecular complexity index is 520. The van der Waals surface area contributed by atoms with E-state index in [4.69, 9.17) is 10.5 Å². The molecule has 0 saturated heterocycles. The van der Waals surface area contributed by atoms with Crippen LogP contribution < -0.4 is 10.5 Å². The number of rotatable bonds is 5. The lowest BCUT2D eigenvalue weighted by atomic mass is 10.1. The van der Waals surface area contributed by atoms with Gasteiger partial charge in [-0.05, 0) is 43.0 Å². The van der Waals surface area contributed by atoms with E-state index in [0.717, 1.165) is 17.7 Å². The number of aryl methyl sites for hydroxylation is 1. The molecule has 2 nitrogen and oxygen atoms in total. The predicted octanol–water partition coefficient (Wildman–Crippen LogP) is 3.46. The quantitative estimate of drug-likeness (QED) is 0.888. The summed E-state index contributed by atoms with van der Waals surface area (Å²) in [6.45, 7) is 4.68. The summed E-state index contributed by atoms with van der Waals surface area (Å²) >= 11 is 0. The zero-order valence-electron chi connectivity index (χ0n) is 11.6. The molecule has 0 aliphatic carbocycles. The van der Waals surface area contributed by atoms with Gasteiger partial charge in [-0.1, -0.05) is 42.5 Å². The molecule has 0 radical (unpaired) electrons. The fourth-order valence-corrected chi connectivity index (χ4v) is 2.03. The van der Waals surface area contributed by atoms with E-state index in [9.17, 15) is 0 Å². The van der Waals surface area contributed by atoms with E-state index in [1.54, 1.807) is 0 Å². The molecule has 0 saturated carbocycles. The van der Waals surface area contributed by atoms with Crippen molar-refractivity contribution in [2.24, 2.45) is 5.73 Å². The monoisotopic (exact) mass is 255 g/mol. The topological polar surface area (TPSA) is 35.2 Å². The van der Waals surface area contributed by atoms with Gasteiger partial charge in [-0.15, -0.1) is 0 Å². The van der Waals surface area contributed by atoms with Gasteiger partial charge in [-0.3, -0.25) is 0 Å². The minimum atomic E-state index is 0.171. The third-order valence-electron chi connectivity index (χ3n) is 3.05. The van der Waals surface area contributed by atoms with Gasteiger partial charge in [0.05, 0.1) is 0 Å². The summed E-state index contributed by atoms with van der Waals surface area (Å²) in [5, 5.41) is 0. The zero-order valence-corrected chi connectivity index (χ0v) is 11.6. The van der Waals surface area contributed by atoms with Crippen LogP contribution in [0.3, 0.4) is 0 Å². The highest BCUT2D eigenvalue weighted by molar-refractivity contribution is 5.37. The summed E-state index contributed by atoms with van der Waals surface area (Å²) in [6, 6.07) is 16.7. The van der Waals surface area contributed by atoms with Crippen molar-refractivity contribution in [3.8, 4) is 5.75 Å². The van der Waals surface area contributed by atoms with Gasteiger partial charge in [-0.25, -0.2) is 0 Å². The Morgan fingerprint density at radius 1 is 1.05 bits per heavy atom. The molecule has 2 aromatic rings. The van der Waals surface area contributed by atoms with Crippen molar-refractivity contribution in [3.05, 3.63) is 65.2 Å². The minimum Gasteiger partial charge on any atom is -0.489 e. The largest absolute Gasteiger partial charge is 0.489 e. The smallest absolute Gasteiger partial charge is 0.122 e. The van der Waals surface area contributed by atoms with Gasteiger partial charge < -0.3 is 10.5 Å². The number of nitrogens with two attached hydrogens (primary N) is 1. The van der Waals surface area contributed by atoms with Gasteiger partial charge >= 0.3 is 0 Å². The molecular weight excluding hydrogens is 234 g/mol. The lowest BCUT2D eigenvalue weighted by molar-refractivity contribution is 0.304. The second-order valence-corrected chi connectivity index (χ2v) is 5.06. The maximum absolute atomic E-state index is 5.90. The maximum Gasteiger partial charge on any atom is 0.122 e. The van der Waals surface area contributed by atoms with Crippen molar-refractivity contribution in [1.82, 2.24) is 0 Å². The lowest BCUT2D eigenvalue weighted by Crippen LogP contribution is -2.17. The Kier molecular flexibility index (Phi) is 4.58. The van der Waals surface area contributed by atoms with Crippen LogP contribution in [0.25, 0.3) is 0 Å². The highest BCUT2D eigenvalue weighted by Crippen LogP contribution is 2.21. The molecule has 0 fully saturated rings. The maximum atomic E-state index is 5.90. The lowest BCUT2D eigenvalue weighted by Gasteiger charge is -2.12. The average molecular weight is 255 g/mol. The van der Waals surface area contributed by atoms with Crippen molar-refractivity contribution in [3.63, 3.8) is 0 Å². The van der Waals surface area contributed by atoms with E-state index in [0.29, 0.717) is 6.61 Å². The van der Waals surface area contributed by atoms with E-state index < -0.39 is 0 Å². The number of ether oxygens (including phenoxy) is 1. The molecular formula is C17H21NO. The van der Waals surface area contributed by atoms with Crippen LogP contribution in [0.15, 0.2) is 48.5 Å². The Labute approximate surface area is 115 Å². The minimum absolute atomic E-state index is 0.171. The number of hydrogen-bond acceptors (Lipinski definition) is 2. The Hall–Kier alpha value is -1.80. The first-order chi connectivity index (χ1) is 9.15. The summed E-state index contributed by atoms with van der Waals surface area (Å²) in [7, 11) is 0. The van der Waals surface area contributed by atoms with Crippen molar-refractivity contribution < 1.29 is 4.74 Å². The fourth-order valence-electron chi connectivity index (χ4n) is 2.03. The van der Waals surface area contributed by atoms with Crippen molar-refractivity contribution >= 4 is 0 Å². The molecule has 0 bridgehead atoms. The van der Waals surface area contributed by atoms with Crippen LogP contribution in [0.2, 0.25) is 0 Å². The van der Waals surface area contributed by atoms with E-state index in [-0.39, 0.29) is 6.04 Å². The molecule has 1 unspecified atom stereocenters. The van der Waals surface area contributed by atoms with Crippen LogP contribution >= 0.6 is 0 Å². The molecule has 0 aliphatic heterocycles. The average Bonchev–Trinajstić information content (AvgIpc) is 2.40. The van der Waals surface area contributed by atoms with Crippen LogP contribution in [0.4, 0.5) is 0 Å². The van der Waals surface area contributed by atoms with E-state index in [2.05, 4.69) is 37.3 Å². The molecule has 0 aromatic heterocycles. The zero-order chi connectivity index (χ0) is 13.7. The first kappa shape index (κ1) is 13.6. The van der Waals surface area contributed by atoms with E-state index in [1.165, 1.54) is 11.1 Å². The van der Waals surface area contributed by atoms with Gasteiger partial charge in [0.1, 0.15) is 12.4 Å². The molecule has 19 heavy (non-hydrogen) atoms. The first-order valence-electron chi connectivity index (χ1n) is 6.67. The third kappa shape index (κ3) is 4.11. The summed E-state index contributed by atoms with van der Waals surface area (Å²) in [6.07, 6.45) is 0.877. The van der Waals surface area contributed by atoms with Crippen LogP contribution in [-0.2, 0) is 13.0 Å². The Morgan fingerprint density at radius 3 is 2.47 bits per heavy atom. The Morgan fingerprint density at radius 2 is 1.79 bits per heavy atom. The van der Waals surface area contributed by atoms with Crippen LogP contribution in [0.1, 0.15) is 23.6 Å². The van der Waals surface area contributed by atoms with Gasteiger partial charge in [0.25, 0.3) is 0 Å².